The van der Waals surface area contributed by atoms with E-state index in [-0.39, 0.29) is 37.1 Å². The number of carbonyl (C=O) groups excluding carboxylic acids is 2. The monoisotopic (exact) mass is 499 g/mol. The molecule has 0 bridgehead atoms. The second-order valence-electron chi connectivity index (χ2n) is 10.2. The van der Waals surface area contributed by atoms with Gasteiger partial charge >= 0.3 is 6.18 Å². The molecular formula is C28H32F3N3O2. The van der Waals surface area contributed by atoms with Crippen molar-refractivity contribution in [2.45, 2.75) is 70.9 Å². The zero-order valence-electron chi connectivity index (χ0n) is 21.0. The van der Waals surface area contributed by atoms with E-state index in [0.717, 1.165) is 36.2 Å². The lowest BCUT2D eigenvalue weighted by Crippen LogP contribution is -2.66. The van der Waals surface area contributed by atoms with Gasteiger partial charge in [0.05, 0.1) is 6.54 Å². The summed E-state index contributed by atoms with van der Waals surface area (Å²) in [7, 11) is 0. The number of amides is 2. The summed E-state index contributed by atoms with van der Waals surface area (Å²) in [6.45, 7) is 6.56. The minimum absolute atomic E-state index is 0.0278. The maximum absolute atomic E-state index is 13.8. The minimum atomic E-state index is -4.20. The largest absolute Gasteiger partial charge is 0.389 e. The molecular weight excluding hydrogens is 467 g/mol. The molecule has 0 aromatic heterocycles. The van der Waals surface area contributed by atoms with Crippen LogP contribution in [-0.2, 0) is 15.0 Å². The van der Waals surface area contributed by atoms with Gasteiger partial charge in [-0.2, -0.15) is 13.2 Å². The second kappa shape index (κ2) is 10.1. The lowest BCUT2D eigenvalue weighted by Gasteiger charge is -2.47. The molecule has 4 rings (SSSR count). The fourth-order valence-electron chi connectivity index (χ4n) is 5.17. The zero-order chi connectivity index (χ0) is 26.1. The average Bonchev–Trinajstić information content (AvgIpc) is 3.29. The van der Waals surface area contributed by atoms with Crippen LogP contribution in [0.1, 0.15) is 64.9 Å². The number of nitrogens with zero attached hydrogens (tertiary/aromatic N) is 3. The predicted molar refractivity (Wildman–Crippen MR) is 134 cm³/mol. The van der Waals surface area contributed by atoms with Gasteiger partial charge in [-0.3, -0.25) is 9.59 Å². The second-order valence-corrected chi connectivity index (χ2v) is 10.2. The highest BCUT2D eigenvalue weighted by Crippen LogP contribution is 2.47. The number of benzene rings is 1. The molecule has 3 aliphatic rings. The SMILES string of the molecule is CC1=C(/N=C(\C#CCCCC(F)(F)F)CN2C(=O)C3(CN(C(=O)C(C)C)C3)c3ccccc32)CCC1. The number of halogens is 3. The van der Waals surface area contributed by atoms with E-state index < -0.39 is 18.0 Å². The number of rotatable bonds is 6. The van der Waals surface area contributed by atoms with Gasteiger partial charge in [0.1, 0.15) is 11.1 Å². The number of alkyl halides is 3. The normalized spacial score (nSPS) is 19.1. The summed E-state index contributed by atoms with van der Waals surface area (Å²) in [6, 6.07) is 7.60. The molecule has 0 unspecified atom stereocenters. The molecule has 5 nitrogen and oxygen atoms in total. The van der Waals surface area contributed by atoms with E-state index in [1.165, 1.54) is 5.57 Å². The van der Waals surface area contributed by atoms with E-state index in [2.05, 4.69) is 11.8 Å². The van der Waals surface area contributed by atoms with Gasteiger partial charge in [-0.25, -0.2) is 4.99 Å². The Hall–Kier alpha value is -3.08. The van der Waals surface area contributed by atoms with Crippen LogP contribution in [-0.4, -0.2) is 48.2 Å². The molecule has 36 heavy (non-hydrogen) atoms. The Labute approximate surface area is 210 Å². The number of fused-ring (bicyclic) bond motifs is 2. The predicted octanol–water partition coefficient (Wildman–Crippen LogP) is 5.40. The van der Waals surface area contributed by atoms with Crippen LogP contribution in [0.5, 0.6) is 0 Å². The molecule has 1 saturated heterocycles. The lowest BCUT2D eigenvalue weighted by atomic mass is 9.74. The van der Waals surface area contributed by atoms with E-state index >= 15 is 0 Å². The number of aliphatic imine (C=N–C) groups is 1. The molecule has 1 aromatic carbocycles. The van der Waals surface area contributed by atoms with Gasteiger partial charge in [0.15, 0.2) is 0 Å². The summed E-state index contributed by atoms with van der Waals surface area (Å²) >= 11 is 0. The molecule has 8 heteroatoms. The van der Waals surface area contributed by atoms with Gasteiger partial charge in [-0.15, -0.1) is 0 Å². The summed E-state index contributed by atoms with van der Waals surface area (Å²) in [5, 5.41) is 0. The first-order valence-electron chi connectivity index (χ1n) is 12.5. The van der Waals surface area contributed by atoms with Crippen LogP contribution in [0.25, 0.3) is 0 Å². The summed E-state index contributed by atoms with van der Waals surface area (Å²) in [5.74, 6) is 5.63. The van der Waals surface area contributed by atoms with Crippen molar-refractivity contribution in [3.63, 3.8) is 0 Å². The molecule has 0 N–H and O–H groups in total. The summed E-state index contributed by atoms with van der Waals surface area (Å²) in [6.07, 6.45) is -2.24. The van der Waals surface area contributed by atoms with Crippen molar-refractivity contribution in [2.24, 2.45) is 10.9 Å². The van der Waals surface area contributed by atoms with E-state index in [4.69, 9.17) is 4.99 Å². The molecule has 1 aromatic rings. The summed E-state index contributed by atoms with van der Waals surface area (Å²) in [5.41, 5.74) is 3.52. The van der Waals surface area contributed by atoms with Crippen LogP contribution < -0.4 is 4.90 Å². The third-order valence-corrected chi connectivity index (χ3v) is 7.12. The van der Waals surface area contributed by atoms with E-state index in [1.807, 2.05) is 45.0 Å². The molecule has 2 heterocycles. The van der Waals surface area contributed by atoms with Crippen molar-refractivity contribution in [1.82, 2.24) is 4.90 Å². The lowest BCUT2D eigenvalue weighted by molar-refractivity contribution is -0.146. The maximum Gasteiger partial charge on any atom is 0.389 e. The highest BCUT2D eigenvalue weighted by Gasteiger charge is 2.59. The molecule has 2 amide bonds. The fourth-order valence-corrected chi connectivity index (χ4v) is 5.17. The Bertz CT molecular complexity index is 1160. The maximum atomic E-state index is 13.8. The minimum Gasteiger partial charge on any atom is -0.339 e. The Morgan fingerprint density at radius 1 is 1.19 bits per heavy atom. The zero-order valence-corrected chi connectivity index (χ0v) is 21.0. The number of anilines is 1. The molecule has 192 valence electrons. The van der Waals surface area contributed by atoms with E-state index in [1.54, 1.807) is 9.80 Å². The molecule has 1 aliphatic carbocycles. The fraction of sp³-hybridized carbons (Fsp3) is 0.536. The van der Waals surface area contributed by atoms with Crippen LogP contribution >= 0.6 is 0 Å². The number of hydrogen-bond acceptors (Lipinski definition) is 3. The van der Waals surface area contributed by atoms with Crippen LogP contribution in [0.15, 0.2) is 40.5 Å². The van der Waals surface area contributed by atoms with Gasteiger partial charge in [-0.1, -0.05) is 43.5 Å². The summed E-state index contributed by atoms with van der Waals surface area (Å²) in [4.78, 5) is 34.4. The van der Waals surface area contributed by atoms with Crippen LogP contribution in [0.3, 0.4) is 0 Å². The van der Waals surface area contributed by atoms with Crippen LogP contribution in [0.2, 0.25) is 0 Å². The molecule has 1 fully saturated rings. The van der Waals surface area contributed by atoms with Gasteiger partial charge in [0.25, 0.3) is 0 Å². The number of carbonyl (C=O) groups is 2. The van der Waals surface area contributed by atoms with Crippen molar-refractivity contribution in [2.75, 3.05) is 24.5 Å². The van der Waals surface area contributed by atoms with Gasteiger partial charge in [0.2, 0.25) is 11.8 Å². The Balaban J connectivity index is 1.58. The first kappa shape index (κ1) is 26.0. The number of para-hydroxylation sites is 1. The number of unbranched alkanes of at least 4 members (excludes halogenated alkanes) is 1. The highest BCUT2D eigenvalue weighted by atomic mass is 19.4. The van der Waals surface area contributed by atoms with Gasteiger partial charge in [0, 0.05) is 43.2 Å². The third-order valence-electron chi connectivity index (χ3n) is 7.12. The average molecular weight is 500 g/mol. The molecule has 0 atom stereocenters. The topological polar surface area (TPSA) is 53.0 Å². The molecule has 1 spiro atoms. The molecule has 0 saturated carbocycles. The van der Waals surface area contributed by atoms with E-state index in [9.17, 15) is 22.8 Å². The molecule has 0 radical (unpaired) electrons. The van der Waals surface area contributed by atoms with Crippen molar-refractivity contribution in [3.05, 3.63) is 41.1 Å². The Morgan fingerprint density at radius 2 is 1.92 bits per heavy atom. The number of hydrogen-bond donors (Lipinski definition) is 0. The number of likely N-dealkylation sites (tertiary alicyclic amines) is 1. The third kappa shape index (κ3) is 5.21. The van der Waals surface area contributed by atoms with Crippen molar-refractivity contribution in [1.29, 1.82) is 0 Å². The van der Waals surface area contributed by atoms with Crippen molar-refractivity contribution >= 4 is 23.2 Å². The van der Waals surface area contributed by atoms with Gasteiger partial charge < -0.3 is 9.80 Å². The number of allylic oxidation sites excluding steroid dienone is 2. The first-order chi connectivity index (χ1) is 17.0. The van der Waals surface area contributed by atoms with E-state index in [0.29, 0.717) is 18.8 Å². The Morgan fingerprint density at radius 3 is 2.56 bits per heavy atom. The summed E-state index contributed by atoms with van der Waals surface area (Å²) < 4.78 is 37.5. The van der Waals surface area contributed by atoms with Crippen LogP contribution in [0.4, 0.5) is 18.9 Å². The van der Waals surface area contributed by atoms with Gasteiger partial charge in [-0.05, 0) is 50.2 Å². The van der Waals surface area contributed by atoms with Crippen LogP contribution in [0, 0.1) is 17.8 Å². The highest BCUT2D eigenvalue weighted by molar-refractivity contribution is 6.15. The van der Waals surface area contributed by atoms with Crippen molar-refractivity contribution < 1.29 is 22.8 Å². The smallest absolute Gasteiger partial charge is 0.339 e. The standard InChI is InChI=1S/C28H32F3N3O2/c1-19(2)25(35)33-17-27(18-33)22-12-6-7-14-24(22)34(26(27)36)16-21(32-23-13-9-10-20(23)3)11-5-4-8-15-28(29,30)31/h6-7,12,14,19H,4,8-10,13,15-18H2,1-3H3/b32-21+. The van der Waals surface area contributed by atoms with Crippen molar-refractivity contribution in [3.8, 4) is 11.8 Å². The molecule has 2 aliphatic heterocycles. The Kier molecular flexibility index (Phi) is 7.31. The quantitative estimate of drug-likeness (QED) is 0.299. The first-order valence-corrected chi connectivity index (χ1v) is 12.5.